The summed E-state index contributed by atoms with van der Waals surface area (Å²) in [5, 5.41) is 6.82. The summed E-state index contributed by atoms with van der Waals surface area (Å²) < 4.78 is 5.83. The van der Waals surface area contributed by atoms with E-state index >= 15 is 0 Å². The maximum Gasteiger partial charge on any atom is 0.191 e. The zero-order chi connectivity index (χ0) is 18.2. The van der Waals surface area contributed by atoms with Crippen LogP contribution in [-0.4, -0.2) is 55.8 Å². The van der Waals surface area contributed by atoms with Gasteiger partial charge >= 0.3 is 0 Å². The van der Waals surface area contributed by atoms with Gasteiger partial charge in [0.2, 0.25) is 0 Å². The average molecular weight is 359 g/mol. The van der Waals surface area contributed by atoms with Crippen molar-refractivity contribution in [2.45, 2.75) is 51.7 Å². The molecule has 2 heterocycles. The zero-order valence-electron chi connectivity index (χ0n) is 16.4. The van der Waals surface area contributed by atoms with E-state index in [4.69, 9.17) is 9.73 Å². The molecule has 1 atom stereocenters. The fourth-order valence-corrected chi connectivity index (χ4v) is 3.80. The van der Waals surface area contributed by atoms with Gasteiger partial charge < -0.3 is 15.4 Å². The van der Waals surface area contributed by atoms with Crippen LogP contribution in [0.25, 0.3) is 0 Å². The van der Waals surface area contributed by atoms with Crippen molar-refractivity contribution in [3.8, 4) is 0 Å². The average Bonchev–Trinajstić information content (AvgIpc) is 3.10. The van der Waals surface area contributed by atoms with Gasteiger partial charge in [-0.15, -0.1) is 0 Å². The SMILES string of the molecule is CCNC(=NCC1(C)CCCO1)NCCCN1CCc2ccccc2C1. The first-order valence-corrected chi connectivity index (χ1v) is 10.1. The van der Waals surface area contributed by atoms with Gasteiger partial charge in [-0.2, -0.15) is 0 Å². The second-order valence-electron chi connectivity index (χ2n) is 7.67. The van der Waals surface area contributed by atoms with Crippen LogP contribution < -0.4 is 10.6 Å². The van der Waals surface area contributed by atoms with Crippen molar-refractivity contribution in [2.24, 2.45) is 4.99 Å². The van der Waals surface area contributed by atoms with Crippen LogP contribution in [0.5, 0.6) is 0 Å². The van der Waals surface area contributed by atoms with E-state index in [9.17, 15) is 0 Å². The molecule has 0 aliphatic carbocycles. The van der Waals surface area contributed by atoms with Crippen LogP contribution in [0.2, 0.25) is 0 Å². The second kappa shape index (κ2) is 9.38. The fourth-order valence-electron chi connectivity index (χ4n) is 3.80. The molecule has 0 amide bonds. The highest BCUT2D eigenvalue weighted by Crippen LogP contribution is 2.25. The molecule has 1 fully saturated rings. The van der Waals surface area contributed by atoms with Crippen LogP contribution in [0.1, 0.15) is 44.2 Å². The van der Waals surface area contributed by atoms with Crippen LogP contribution in [-0.2, 0) is 17.7 Å². The molecule has 0 saturated carbocycles. The third-order valence-corrected chi connectivity index (χ3v) is 5.37. The first-order chi connectivity index (χ1) is 12.7. The molecular formula is C21H34N4O. The number of hydrogen-bond donors (Lipinski definition) is 2. The Hall–Kier alpha value is -1.59. The van der Waals surface area contributed by atoms with Crippen molar-refractivity contribution in [1.82, 2.24) is 15.5 Å². The minimum absolute atomic E-state index is 0.0798. The quantitative estimate of drug-likeness (QED) is 0.447. The summed E-state index contributed by atoms with van der Waals surface area (Å²) in [6.07, 6.45) is 4.55. The molecule has 2 aliphatic heterocycles. The van der Waals surface area contributed by atoms with Gasteiger partial charge in [0.1, 0.15) is 0 Å². The van der Waals surface area contributed by atoms with Crippen molar-refractivity contribution < 1.29 is 4.74 Å². The number of guanidine groups is 1. The Labute approximate surface area is 158 Å². The minimum atomic E-state index is -0.0798. The van der Waals surface area contributed by atoms with Crippen LogP contribution in [0.4, 0.5) is 0 Å². The summed E-state index contributed by atoms with van der Waals surface area (Å²) in [5.74, 6) is 0.910. The molecule has 0 radical (unpaired) electrons. The molecule has 26 heavy (non-hydrogen) atoms. The predicted molar refractivity (Wildman–Crippen MR) is 108 cm³/mol. The van der Waals surface area contributed by atoms with Gasteiger partial charge in [0.25, 0.3) is 0 Å². The first kappa shape index (κ1) is 19.2. The highest BCUT2D eigenvalue weighted by molar-refractivity contribution is 5.79. The molecule has 1 aromatic rings. The Morgan fingerprint density at radius 3 is 2.88 bits per heavy atom. The van der Waals surface area contributed by atoms with E-state index in [0.717, 1.165) is 64.6 Å². The maximum absolute atomic E-state index is 5.83. The van der Waals surface area contributed by atoms with E-state index < -0.39 is 0 Å². The number of rotatable bonds is 7. The topological polar surface area (TPSA) is 48.9 Å². The number of ether oxygens (including phenoxy) is 1. The minimum Gasteiger partial charge on any atom is -0.373 e. The fraction of sp³-hybridized carbons (Fsp3) is 0.667. The third kappa shape index (κ3) is 5.45. The van der Waals surface area contributed by atoms with Crippen LogP contribution in [0.3, 0.4) is 0 Å². The smallest absolute Gasteiger partial charge is 0.191 e. The van der Waals surface area contributed by atoms with E-state index in [1.54, 1.807) is 0 Å². The molecule has 5 heteroatoms. The summed E-state index contributed by atoms with van der Waals surface area (Å²) in [4.78, 5) is 7.29. The van der Waals surface area contributed by atoms with Crippen molar-refractivity contribution in [3.63, 3.8) is 0 Å². The number of nitrogens with zero attached hydrogens (tertiary/aromatic N) is 2. The van der Waals surface area contributed by atoms with Crippen LogP contribution >= 0.6 is 0 Å². The van der Waals surface area contributed by atoms with Gasteiger partial charge in [-0.05, 0) is 50.7 Å². The van der Waals surface area contributed by atoms with E-state index in [-0.39, 0.29) is 5.60 Å². The Morgan fingerprint density at radius 2 is 2.12 bits per heavy atom. The van der Waals surface area contributed by atoms with E-state index in [1.807, 2.05) is 0 Å². The summed E-state index contributed by atoms with van der Waals surface area (Å²) in [5.41, 5.74) is 2.93. The van der Waals surface area contributed by atoms with Gasteiger partial charge in [-0.25, -0.2) is 0 Å². The monoisotopic (exact) mass is 358 g/mol. The van der Waals surface area contributed by atoms with Gasteiger partial charge in [0.05, 0.1) is 12.1 Å². The highest BCUT2D eigenvalue weighted by atomic mass is 16.5. The number of fused-ring (bicyclic) bond motifs is 1. The molecule has 2 aliphatic rings. The molecule has 3 rings (SSSR count). The standard InChI is InChI=1S/C21H34N4O/c1-3-22-20(24-17-21(2)11-6-15-26-21)23-12-7-13-25-14-10-18-8-4-5-9-19(18)16-25/h4-5,8-9H,3,6-7,10-17H2,1-2H3,(H2,22,23,24). The summed E-state index contributed by atoms with van der Waals surface area (Å²) in [7, 11) is 0. The Balaban J connectivity index is 1.39. The van der Waals surface area contributed by atoms with Crippen LogP contribution in [0, 0.1) is 0 Å². The Morgan fingerprint density at radius 1 is 1.27 bits per heavy atom. The van der Waals surface area contributed by atoms with Gasteiger partial charge in [0, 0.05) is 39.3 Å². The molecule has 0 spiro atoms. The third-order valence-electron chi connectivity index (χ3n) is 5.37. The highest BCUT2D eigenvalue weighted by Gasteiger charge is 2.29. The summed E-state index contributed by atoms with van der Waals surface area (Å²) in [6, 6.07) is 8.83. The van der Waals surface area contributed by atoms with Gasteiger partial charge in [-0.1, -0.05) is 24.3 Å². The van der Waals surface area contributed by atoms with Crippen molar-refractivity contribution in [3.05, 3.63) is 35.4 Å². The first-order valence-electron chi connectivity index (χ1n) is 10.1. The zero-order valence-corrected chi connectivity index (χ0v) is 16.4. The molecule has 1 unspecified atom stereocenters. The molecule has 2 N–H and O–H groups in total. The lowest BCUT2D eigenvalue weighted by atomic mass is 10.00. The van der Waals surface area contributed by atoms with Crippen molar-refractivity contribution in [2.75, 3.05) is 39.3 Å². The van der Waals surface area contributed by atoms with Crippen LogP contribution in [0.15, 0.2) is 29.3 Å². The lowest BCUT2D eigenvalue weighted by Crippen LogP contribution is -2.40. The summed E-state index contributed by atoms with van der Waals surface area (Å²) >= 11 is 0. The normalized spacial score (nSPS) is 23.7. The lowest BCUT2D eigenvalue weighted by Gasteiger charge is -2.28. The van der Waals surface area contributed by atoms with Crippen molar-refractivity contribution in [1.29, 1.82) is 0 Å². The predicted octanol–water partition coefficient (Wildman–Crippen LogP) is 2.56. The number of aliphatic imine (C=N–C) groups is 1. The molecule has 1 saturated heterocycles. The molecular weight excluding hydrogens is 324 g/mol. The Kier molecular flexibility index (Phi) is 6.92. The summed E-state index contributed by atoms with van der Waals surface area (Å²) in [6.45, 7) is 11.1. The molecule has 0 aromatic heterocycles. The number of benzene rings is 1. The molecule has 5 nitrogen and oxygen atoms in total. The second-order valence-corrected chi connectivity index (χ2v) is 7.67. The van der Waals surface area contributed by atoms with E-state index in [2.05, 4.69) is 53.6 Å². The largest absolute Gasteiger partial charge is 0.373 e. The van der Waals surface area contributed by atoms with E-state index in [0.29, 0.717) is 0 Å². The molecule has 1 aromatic carbocycles. The van der Waals surface area contributed by atoms with Gasteiger partial charge in [-0.3, -0.25) is 9.89 Å². The van der Waals surface area contributed by atoms with Gasteiger partial charge in [0.15, 0.2) is 5.96 Å². The number of nitrogens with one attached hydrogen (secondary N) is 2. The number of hydrogen-bond acceptors (Lipinski definition) is 3. The molecule has 144 valence electrons. The maximum atomic E-state index is 5.83. The van der Waals surface area contributed by atoms with Crippen molar-refractivity contribution >= 4 is 5.96 Å². The Bertz CT molecular complexity index is 595. The van der Waals surface area contributed by atoms with E-state index in [1.165, 1.54) is 24.1 Å². The lowest BCUT2D eigenvalue weighted by molar-refractivity contribution is 0.0283. The molecule has 0 bridgehead atoms.